The molecule has 2 saturated heterocycles. The normalized spacial score (nSPS) is 26.4. The van der Waals surface area contributed by atoms with Gasteiger partial charge in [0.1, 0.15) is 11.6 Å². The molecule has 23 heavy (non-hydrogen) atoms. The van der Waals surface area contributed by atoms with Gasteiger partial charge in [-0.15, -0.1) is 0 Å². The topological polar surface area (TPSA) is 46.9 Å². The van der Waals surface area contributed by atoms with Gasteiger partial charge < -0.3 is 9.64 Å². The standard InChI is InChI=1S/C18H19N3O2/c1-23-14-9-7-13(8-10-14)17-20-12-4-5-15(20)18(22)21(17)16-6-2-3-11-19-16/h2-3,6-11,15,17H,4-5,12H2,1H3/p+1. The first-order valence-electron chi connectivity index (χ1n) is 8.03. The molecule has 3 unspecified atom stereocenters. The van der Waals surface area contributed by atoms with Crippen molar-refractivity contribution in [3.05, 3.63) is 54.2 Å². The number of aromatic nitrogens is 1. The minimum atomic E-state index is -0.00388. The van der Waals surface area contributed by atoms with Crippen LogP contribution in [0.15, 0.2) is 48.7 Å². The first-order valence-corrected chi connectivity index (χ1v) is 8.03. The molecular weight excluding hydrogens is 290 g/mol. The number of carbonyl (C=O) groups is 1. The number of ether oxygens (including phenoxy) is 1. The highest BCUT2D eigenvalue weighted by Crippen LogP contribution is 2.30. The number of methoxy groups -OCH3 is 1. The van der Waals surface area contributed by atoms with Gasteiger partial charge in [-0.25, -0.2) is 9.88 Å². The minimum absolute atomic E-state index is 0.00388. The Hall–Kier alpha value is -2.40. The molecule has 1 amide bonds. The van der Waals surface area contributed by atoms with Gasteiger partial charge in [0.05, 0.1) is 13.7 Å². The highest BCUT2D eigenvalue weighted by molar-refractivity contribution is 5.97. The molecule has 1 N–H and O–H groups in total. The Morgan fingerprint density at radius 2 is 2.04 bits per heavy atom. The van der Waals surface area contributed by atoms with E-state index in [9.17, 15) is 4.79 Å². The maximum atomic E-state index is 12.9. The van der Waals surface area contributed by atoms with Crippen LogP contribution >= 0.6 is 0 Å². The molecule has 1 aromatic heterocycles. The van der Waals surface area contributed by atoms with Crippen LogP contribution in [0.4, 0.5) is 5.82 Å². The Morgan fingerprint density at radius 3 is 2.74 bits per heavy atom. The van der Waals surface area contributed by atoms with Crippen molar-refractivity contribution in [2.75, 3.05) is 18.6 Å². The molecule has 0 saturated carbocycles. The van der Waals surface area contributed by atoms with Crippen LogP contribution in [-0.4, -0.2) is 30.6 Å². The first kappa shape index (κ1) is 14.2. The lowest BCUT2D eigenvalue weighted by molar-refractivity contribution is -0.924. The summed E-state index contributed by atoms with van der Waals surface area (Å²) < 4.78 is 5.25. The molecule has 2 fully saturated rings. The van der Waals surface area contributed by atoms with Crippen molar-refractivity contribution in [3.8, 4) is 5.75 Å². The summed E-state index contributed by atoms with van der Waals surface area (Å²) in [7, 11) is 1.66. The fourth-order valence-electron chi connectivity index (χ4n) is 3.83. The summed E-state index contributed by atoms with van der Waals surface area (Å²) in [5.74, 6) is 1.76. The third-order valence-corrected chi connectivity index (χ3v) is 4.88. The molecule has 0 spiro atoms. The number of benzene rings is 1. The van der Waals surface area contributed by atoms with Crippen LogP contribution in [0.1, 0.15) is 24.6 Å². The molecule has 3 heterocycles. The number of carbonyl (C=O) groups excluding carboxylic acids is 1. The number of amides is 1. The van der Waals surface area contributed by atoms with Crippen LogP contribution in [0.25, 0.3) is 0 Å². The SMILES string of the molecule is COc1ccc(C2N(c3ccccn3)C(=O)C3CCC[NH+]32)cc1. The molecule has 1 aromatic carbocycles. The summed E-state index contributed by atoms with van der Waals surface area (Å²) in [6.07, 6.45) is 3.81. The Balaban J connectivity index is 1.77. The lowest BCUT2D eigenvalue weighted by atomic mass is 10.1. The molecule has 2 aliphatic rings. The molecule has 3 atom stereocenters. The average Bonchev–Trinajstić information content (AvgIpc) is 3.18. The highest BCUT2D eigenvalue weighted by Gasteiger charge is 2.53. The smallest absolute Gasteiger partial charge is 0.291 e. The van der Waals surface area contributed by atoms with Gasteiger partial charge in [-0.05, 0) is 36.4 Å². The van der Waals surface area contributed by atoms with E-state index in [4.69, 9.17) is 4.74 Å². The van der Waals surface area contributed by atoms with Crippen molar-refractivity contribution in [1.82, 2.24) is 4.98 Å². The third-order valence-electron chi connectivity index (χ3n) is 4.88. The van der Waals surface area contributed by atoms with Crippen LogP contribution in [0, 0.1) is 0 Å². The lowest BCUT2D eigenvalue weighted by Crippen LogP contribution is -3.12. The lowest BCUT2D eigenvalue weighted by Gasteiger charge is -2.25. The van der Waals surface area contributed by atoms with Crippen LogP contribution in [0.5, 0.6) is 5.75 Å². The summed E-state index contributed by atoms with van der Waals surface area (Å²) in [4.78, 5) is 20.6. The van der Waals surface area contributed by atoms with Crippen molar-refractivity contribution in [1.29, 1.82) is 0 Å². The molecule has 118 valence electrons. The summed E-state index contributed by atoms with van der Waals surface area (Å²) in [6, 6.07) is 13.8. The number of quaternary nitrogens is 1. The van der Waals surface area contributed by atoms with E-state index in [-0.39, 0.29) is 18.1 Å². The van der Waals surface area contributed by atoms with Gasteiger partial charge in [-0.1, -0.05) is 6.07 Å². The minimum Gasteiger partial charge on any atom is -0.497 e. The molecule has 0 radical (unpaired) electrons. The van der Waals surface area contributed by atoms with Crippen LogP contribution in [0.3, 0.4) is 0 Å². The van der Waals surface area contributed by atoms with Crippen molar-refractivity contribution in [3.63, 3.8) is 0 Å². The fraction of sp³-hybridized carbons (Fsp3) is 0.333. The largest absolute Gasteiger partial charge is 0.497 e. The van der Waals surface area contributed by atoms with E-state index in [0.717, 1.165) is 36.5 Å². The number of nitrogens with one attached hydrogen (secondary N) is 1. The summed E-state index contributed by atoms with van der Waals surface area (Å²) in [5.41, 5.74) is 1.13. The van der Waals surface area contributed by atoms with Gasteiger partial charge in [0, 0.05) is 24.6 Å². The summed E-state index contributed by atoms with van der Waals surface area (Å²) in [5, 5.41) is 0. The zero-order valence-corrected chi connectivity index (χ0v) is 13.1. The number of hydrogen-bond donors (Lipinski definition) is 1. The van der Waals surface area contributed by atoms with E-state index < -0.39 is 0 Å². The third kappa shape index (κ3) is 2.28. The molecule has 2 aliphatic heterocycles. The van der Waals surface area contributed by atoms with E-state index in [1.54, 1.807) is 13.3 Å². The predicted octanol–water partition coefficient (Wildman–Crippen LogP) is 1.18. The number of anilines is 1. The molecular formula is C18H20N3O2+. The van der Waals surface area contributed by atoms with E-state index in [1.165, 1.54) is 4.90 Å². The van der Waals surface area contributed by atoms with E-state index in [1.807, 2.05) is 35.2 Å². The number of pyridine rings is 1. The maximum absolute atomic E-state index is 12.9. The second kappa shape index (κ2) is 5.66. The van der Waals surface area contributed by atoms with E-state index >= 15 is 0 Å². The quantitative estimate of drug-likeness (QED) is 0.926. The van der Waals surface area contributed by atoms with Crippen molar-refractivity contribution >= 4 is 11.7 Å². The Bertz CT molecular complexity index is 702. The fourth-order valence-corrected chi connectivity index (χ4v) is 3.83. The molecule has 5 nitrogen and oxygen atoms in total. The number of rotatable bonds is 3. The maximum Gasteiger partial charge on any atom is 0.291 e. The predicted molar refractivity (Wildman–Crippen MR) is 86.3 cm³/mol. The number of hydrogen-bond acceptors (Lipinski definition) is 3. The van der Waals surface area contributed by atoms with Crippen LogP contribution in [0.2, 0.25) is 0 Å². The second-order valence-corrected chi connectivity index (χ2v) is 6.09. The van der Waals surface area contributed by atoms with Crippen LogP contribution in [-0.2, 0) is 4.79 Å². The molecule has 2 aromatic rings. The average molecular weight is 310 g/mol. The first-order chi connectivity index (χ1) is 11.3. The van der Waals surface area contributed by atoms with Gasteiger partial charge in [0.2, 0.25) is 0 Å². The van der Waals surface area contributed by atoms with E-state index in [0.29, 0.717) is 0 Å². The zero-order valence-electron chi connectivity index (χ0n) is 13.1. The molecule has 4 rings (SSSR count). The highest BCUT2D eigenvalue weighted by atomic mass is 16.5. The molecule has 0 aliphatic carbocycles. The second-order valence-electron chi connectivity index (χ2n) is 6.09. The van der Waals surface area contributed by atoms with Gasteiger partial charge in [0.15, 0.2) is 12.2 Å². The number of fused-ring (bicyclic) bond motifs is 1. The number of nitrogens with zero attached hydrogens (tertiary/aromatic N) is 2. The van der Waals surface area contributed by atoms with Crippen molar-refractivity contribution in [2.45, 2.75) is 25.0 Å². The summed E-state index contributed by atoms with van der Waals surface area (Å²) >= 11 is 0. The van der Waals surface area contributed by atoms with Gasteiger partial charge in [0.25, 0.3) is 5.91 Å². The van der Waals surface area contributed by atoms with Crippen molar-refractivity contribution < 1.29 is 14.4 Å². The van der Waals surface area contributed by atoms with Gasteiger partial charge >= 0.3 is 0 Å². The molecule has 5 heteroatoms. The Kier molecular flexibility index (Phi) is 3.50. The van der Waals surface area contributed by atoms with Gasteiger partial charge in [-0.2, -0.15) is 0 Å². The van der Waals surface area contributed by atoms with Crippen molar-refractivity contribution in [2.24, 2.45) is 0 Å². The summed E-state index contributed by atoms with van der Waals surface area (Å²) in [6.45, 7) is 1.02. The zero-order chi connectivity index (χ0) is 15.8. The molecule has 0 bridgehead atoms. The van der Waals surface area contributed by atoms with Gasteiger partial charge in [-0.3, -0.25) is 4.79 Å². The Morgan fingerprint density at radius 1 is 1.22 bits per heavy atom. The Labute approximate surface area is 135 Å². The monoisotopic (exact) mass is 310 g/mol. The van der Waals surface area contributed by atoms with E-state index in [2.05, 4.69) is 17.1 Å². The van der Waals surface area contributed by atoms with Crippen LogP contribution < -0.4 is 14.5 Å².